The minimum atomic E-state index is 0. The number of unbranched alkanes of at least 4 members (excludes halogenated alkanes) is 15. The van der Waals surface area contributed by atoms with E-state index in [9.17, 15) is 0 Å². The fourth-order valence-corrected chi connectivity index (χ4v) is 4.01. The van der Waals surface area contributed by atoms with Crippen molar-refractivity contribution in [2.24, 2.45) is 5.92 Å². The first-order valence-corrected chi connectivity index (χ1v) is 12.5. The molecule has 0 saturated heterocycles. The number of rotatable bonds is 19. The molecule has 30 heavy (non-hydrogen) atoms. The third-order valence-electron chi connectivity index (χ3n) is 7.43. The number of nitrogens with zero attached hydrogens (tertiary/aromatic N) is 1. The van der Waals surface area contributed by atoms with Crippen LogP contribution in [0.25, 0.3) is 0 Å². The van der Waals surface area contributed by atoms with Crippen LogP contribution >= 0.6 is 0 Å². The van der Waals surface area contributed by atoms with Gasteiger partial charge >= 0.3 is 0 Å². The summed E-state index contributed by atoms with van der Waals surface area (Å²) in [6.45, 7) is 9.62. The zero-order valence-corrected chi connectivity index (χ0v) is 23.8. The van der Waals surface area contributed by atoms with Gasteiger partial charge in [0.25, 0.3) is 0 Å². The van der Waals surface area contributed by atoms with Gasteiger partial charge in [0.05, 0.1) is 26.7 Å². The second-order valence-electron chi connectivity index (χ2n) is 10.7. The van der Waals surface area contributed by atoms with Crippen molar-refractivity contribution in [3.63, 3.8) is 0 Å². The fraction of sp³-hybridized carbons (Fsp3) is 1.00. The lowest BCUT2D eigenvalue weighted by molar-refractivity contribution is -0.924. The molecule has 0 aromatic heterocycles. The van der Waals surface area contributed by atoms with Crippen molar-refractivity contribution < 1.29 is 29.3 Å². The van der Waals surface area contributed by atoms with Crippen molar-refractivity contribution in [3.8, 4) is 0 Å². The molecular formula is C26H60Cl2N2. The van der Waals surface area contributed by atoms with E-state index < -0.39 is 0 Å². The van der Waals surface area contributed by atoms with Crippen LogP contribution in [0.4, 0.5) is 0 Å². The summed E-state index contributed by atoms with van der Waals surface area (Å²) in [7, 11) is 7.01. The molecule has 0 aliphatic rings. The average molecular weight is 472 g/mol. The van der Waals surface area contributed by atoms with Gasteiger partial charge in [-0.2, -0.15) is 0 Å². The van der Waals surface area contributed by atoms with Crippen LogP contribution in [0, 0.1) is 5.92 Å². The van der Waals surface area contributed by atoms with Crippen LogP contribution in [0.15, 0.2) is 0 Å². The minimum absolute atomic E-state index is 0. The van der Waals surface area contributed by atoms with Gasteiger partial charge < -0.3 is 35.4 Å². The van der Waals surface area contributed by atoms with Gasteiger partial charge in [-0.15, -0.1) is 0 Å². The van der Waals surface area contributed by atoms with Gasteiger partial charge in [-0.25, -0.2) is 0 Å². The lowest BCUT2D eigenvalue weighted by atomic mass is 9.82. The van der Waals surface area contributed by atoms with Gasteiger partial charge in [-0.3, -0.25) is 0 Å². The second kappa shape index (κ2) is 22.7. The zero-order valence-electron chi connectivity index (χ0n) is 22.3. The largest absolute Gasteiger partial charge is 1.00 e. The molecule has 4 heteroatoms. The van der Waals surface area contributed by atoms with E-state index in [0.717, 1.165) is 10.4 Å². The summed E-state index contributed by atoms with van der Waals surface area (Å²) in [5, 5.41) is 0. The summed E-state index contributed by atoms with van der Waals surface area (Å²) in [6.07, 6.45) is 24.7. The molecule has 2 nitrogen and oxygen atoms in total. The van der Waals surface area contributed by atoms with E-state index in [4.69, 9.17) is 0 Å². The predicted molar refractivity (Wildman–Crippen MR) is 131 cm³/mol. The Hall–Kier alpha value is 0.500. The first-order chi connectivity index (χ1) is 12.7. The lowest BCUT2D eigenvalue weighted by Crippen LogP contribution is -3.00. The van der Waals surface area contributed by atoms with Crippen molar-refractivity contribution >= 4 is 0 Å². The van der Waals surface area contributed by atoms with Crippen molar-refractivity contribution in [1.29, 1.82) is 0 Å². The van der Waals surface area contributed by atoms with Crippen LogP contribution in [0.3, 0.4) is 0 Å². The molecule has 0 aromatic carbocycles. The van der Waals surface area contributed by atoms with E-state index in [1.54, 1.807) is 0 Å². The van der Waals surface area contributed by atoms with Gasteiger partial charge in [-0.05, 0) is 20.3 Å². The molecule has 1 atom stereocenters. The van der Waals surface area contributed by atoms with Gasteiger partial charge in [0.15, 0.2) is 0 Å². The first kappa shape index (κ1) is 37.8. The molecule has 0 radical (unpaired) electrons. The maximum Gasteiger partial charge on any atom is 0.0955 e. The molecule has 0 spiro atoms. The maximum absolute atomic E-state index is 2.45. The summed E-state index contributed by atoms with van der Waals surface area (Å²) in [5.41, 5.74) is 0.371. The SMILES string of the molecule is CCCCCCCCCCCCCCCCCCC(C)C(C)(C)[N+](C)(C)C.[Cl-].[Cl-].[NH4+]. The molecule has 0 bridgehead atoms. The van der Waals surface area contributed by atoms with Crippen molar-refractivity contribution in [2.45, 2.75) is 142 Å². The van der Waals surface area contributed by atoms with E-state index in [0.29, 0.717) is 5.54 Å². The summed E-state index contributed by atoms with van der Waals surface area (Å²) in [5.74, 6) is 0.796. The molecule has 4 N–H and O–H groups in total. The van der Waals surface area contributed by atoms with E-state index in [2.05, 4.69) is 48.8 Å². The Kier molecular flexibility index (Phi) is 28.6. The van der Waals surface area contributed by atoms with E-state index in [-0.39, 0.29) is 31.0 Å². The number of hydrogen-bond acceptors (Lipinski definition) is 0. The Morgan fingerprint density at radius 3 is 1.10 bits per heavy atom. The van der Waals surface area contributed by atoms with Gasteiger partial charge in [0.1, 0.15) is 0 Å². The van der Waals surface area contributed by atoms with Crippen molar-refractivity contribution in [2.75, 3.05) is 21.1 Å². The first-order valence-electron chi connectivity index (χ1n) is 12.5. The Bertz CT molecular complexity index is 327. The van der Waals surface area contributed by atoms with Crippen molar-refractivity contribution in [3.05, 3.63) is 0 Å². The van der Waals surface area contributed by atoms with Crippen LogP contribution in [0.5, 0.6) is 0 Å². The Balaban J connectivity index is -0.00000113. The van der Waals surface area contributed by atoms with Crippen LogP contribution < -0.4 is 31.0 Å². The fourth-order valence-electron chi connectivity index (χ4n) is 4.01. The maximum atomic E-state index is 2.45. The number of quaternary nitrogens is 2. The third kappa shape index (κ3) is 19.2. The molecule has 0 aliphatic carbocycles. The Labute approximate surface area is 204 Å². The molecule has 0 aromatic rings. The molecule has 0 heterocycles. The molecular weight excluding hydrogens is 411 g/mol. The summed E-state index contributed by atoms with van der Waals surface area (Å²) in [4.78, 5) is 0. The van der Waals surface area contributed by atoms with Gasteiger partial charge in [-0.1, -0.05) is 117 Å². The monoisotopic (exact) mass is 470 g/mol. The highest BCUT2D eigenvalue weighted by Crippen LogP contribution is 2.30. The molecule has 188 valence electrons. The molecule has 0 fully saturated rings. The lowest BCUT2D eigenvalue weighted by Gasteiger charge is -2.45. The molecule has 0 aliphatic heterocycles. The normalized spacial score (nSPS) is 12.5. The van der Waals surface area contributed by atoms with Gasteiger partial charge in [0.2, 0.25) is 0 Å². The summed E-state index contributed by atoms with van der Waals surface area (Å²) >= 11 is 0. The Morgan fingerprint density at radius 1 is 0.567 bits per heavy atom. The zero-order chi connectivity index (χ0) is 20.6. The standard InChI is InChI=1S/C26H56N.2ClH.H3N/c1-8-9-10-11-12-13-14-15-16-17-18-19-20-21-22-23-24-25(2)26(3,4)27(5,6)7;;;/h25H,8-24H2,1-7H3;2*1H;1H3/q+1;;;/p-1. The topological polar surface area (TPSA) is 36.5 Å². The van der Waals surface area contributed by atoms with Crippen LogP contribution in [0.1, 0.15) is 137 Å². The van der Waals surface area contributed by atoms with Gasteiger partial charge in [0, 0.05) is 5.92 Å². The minimum Gasteiger partial charge on any atom is -1.00 e. The van der Waals surface area contributed by atoms with Crippen LogP contribution in [0.2, 0.25) is 0 Å². The third-order valence-corrected chi connectivity index (χ3v) is 7.43. The van der Waals surface area contributed by atoms with E-state index in [1.807, 2.05) is 0 Å². The predicted octanol–water partition coefficient (Wildman–Crippen LogP) is 3.14. The van der Waals surface area contributed by atoms with Crippen LogP contribution in [-0.2, 0) is 0 Å². The molecule has 0 amide bonds. The highest BCUT2D eigenvalue weighted by atomic mass is 35.5. The smallest absolute Gasteiger partial charge is 0.0955 e. The summed E-state index contributed by atoms with van der Waals surface area (Å²) < 4.78 is 1.06. The number of hydrogen-bond donors (Lipinski definition) is 1. The highest BCUT2D eigenvalue weighted by molar-refractivity contribution is 4.76. The van der Waals surface area contributed by atoms with E-state index in [1.165, 1.54) is 109 Å². The number of halogens is 2. The van der Waals surface area contributed by atoms with Crippen LogP contribution in [-0.4, -0.2) is 31.2 Å². The second-order valence-corrected chi connectivity index (χ2v) is 10.7. The highest BCUT2D eigenvalue weighted by Gasteiger charge is 2.37. The van der Waals surface area contributed by atoms with E-state index >= 15 is 0 Å². The quantitative estimate of drug-likeness (QED) is 0.222. The molecule has 1 unspecified atom stereocenters. The molecule has 0 rings (SSSR count). The summed E-state index contributed by atoms with van der Waals surface area (Å²) in [6, 6.07) is 0. The molecule has 0 saturated carbocycles. The Morgan fingerprint density at radius 2 is 0.833 bits per heavy atom. The van der Waals surface area contributed by atoms with Crippen molar-refractivity contribution in [1.82, 2.24) is 6.15 Å². The average Bonchev–Trinajstić information content (AvgIpc) is 2.60.